The summed E-state index contributed by atoms with van der Waals surface area (Å²) in [6, 6.07) is 5.57. The molecule has 1 aromatic carbocycles. The van der Waals surface area contributed by atoms with Crippen molar-refractivity contribution in [2.75, 3.05) is 30.0 Å². The topological polar surface area (TPSA) is 60.9 Å². The summed E-state index contributed by atoms with van der Waals surface area (Å²) in [4.78, 5) is 26.9. The largest absolute Gasteiger partial charge is 0.394 e. The Kier molecular flexibility index (Phi) is 2.78. The highest BCUT2D eigenvalue weighted by atomic mass is 16.3. The monoisotopic (exact) mass is 260 g/mol. The lowest BCUT2D eigenvalue weighted by Crippen LogP contribution is -2.32. The number of rotatable bonds is 2. The van der Waals surface area contributed by atoms with Gasteiger partial charge in [0.25, 0.3) is 11.7 Å². The molecular weight excluding hydrogens is 244 g/mol. The number of Topliss-reactive ketones (excluding diaryl/α,β-unsaturated/α-hetero) is 1. The van der Waals surface area contributed by atoms with E-state index in [0.717, 1.165) is 25.1 Å². The number of aliphatic hydroxyl groups is 1. The number of hydrogen-bond donors (Lipinski definition) is 1. The first-order valence-corrected chi connectivity index (χ1v) is 6.47. The van der Waals surface area contributed by atoms with E-state index >= 15 is 0 Å². The number of likely N-dealkylation sites (N-methyl/N-ethyl adjacent to an activating group) is 1. The lowest BCUT2D eigenvalue weighted by atomic mass is 10.1. The molecule has 0 radical (unpaired) electrons. The Hall–Kier alpha value is -1.88. The van der Waals surface area contributed by atoms with Gasteiger partial charge in [0.2, 0.25) is 0 Å². The summed E-state index contributed by atoms with van der Waals surface area (Å²) >= 11 is 0. The minimum Gasteiger partial charge on any atom is -0.394 e. The van der Waals surface area contributed by atoms with Gasteiger partial charge in [-0.3, -0.25) is 9.59 Å². The molecule has 5 heteroatoms. The molecule has 3 rings (SSSR count). The number of aliphatic hydroxyl groups excluding tert-OH is 1. The van der Waals surface area contributed by atoms with Crippen LogP contribution in [0.25, 0.3) is 0 Å². The summed E-state index contributed by atoms with van der Waals surface area (Å²) in [7, 11) is 1.61. The maximum absolute atomic E-state index is 11.7. The van der Waals surface area contributed by atoms with E-state index in [-0.39, 0.29) is 12.6 Å². The first-order valence-electron chi connectivity index (χ1n) is 6.47. The lowest BCUT2D eigenvalue weighted by Gasteiger charge is -2.26. The Balaban J connectivity index is 1.99. The third kappa shape index (κ3) is 1.73. The maximum atomic E-state index is 11.7. The molecule has 1 N–H and O–H groups in total. The predicted octanol–water partition coefficient (Wildman–Crippen LogP) is 0.807. The Bertz CT molecular complexity index is 556. The van der Waals surface area contributed by atoms with Crippen LogP contribution in [-0.2, 0) is 4.79 Å². The first kappa shape index (κ1) is 12.2. The minimum atomic E-state index is -0.479. The highest BCUT2D eigenvalue weighted by Gasteiger charge is 2.34. The van der Waals surface area contributed by atoms with Crippen LogP contribution in [0, 0.1) is 0 Å². The van der Waals surface area contributed by atoms with Crippen LogP contribution < -0.4 is 9.80 Å². The number of amides is 1. The van der Waals surface area contributed by atoms with Crippen molar-refractivity contribution in [2.24, 2.45) is 0 Å². The van der Waals surface area contributed by atoms with Crippen LogP contribution in [0.15, 0.2) is 18.2 Å². The molecule has 1 aromatic rings. The van der Waals surface area contributed by atoms with E-state index in [4.69, 9.17) is 0 Å². The predicted molar refractivity (Wildman–Crippen MR) is 71.6 cm³/mol. The van der Waals surface area contributed by atoms with Gasteiger partial charge in [0.15, 0.2) is 0 Å². The van der Waals surface area contributed by atoms with Crippen LogP contribution in [0.5, 0.6) is 0 Å². The molecule has 19 heavy (non-hydrogen) atoms. The molecule has 2 aliphatic rings. The molecule has 0 saturated carbocycles. The molecule has 1 amide bonds. The summed E-state index contributed by atoms with van der Waals surface area (Å²) < 4.78 is 0. The summed E-state index contributed by atoms with van der Waals surface area (Å²) in [5.74, 6) is -0.920. The number of hydrogen-bond acceptors (Lipinski definition) is 4. The van der Waals surface area contributed by atoms with E-state index in [1.54, 1.807) is 13.1 Å². The zero-order valence-electron chi connectivity index (χ0n) is 10.8. The Morgan fingerprint density at radius 3 is 2.89 bits per heavy atom. The fourth-order valence-corrected chi connectivity index (χ4v) is 2.91. The Morgan fingerprint density at radius 1 is 1.37 bits per heavy atom. The van der Waals surface area contributed by atoms with Gasteiger partial charge in [-0.2, -0.15) is 0 Å². The standard InChI is InChI=1S/C14H16N2O3/c1-15-12-7-9(16-6-2-3-10(16)8-17)4-5-11(12)13(18)14(15)19/h4-5,7,10,17H,2-3,6,8H2,1H3. The molecule has 2 aliphatic heterocycles. The highest BCUT2D eigenvalue weighted by Crippen LogP contribution is 2.34. The van der Waals surface area contributed by atoms with Crippen LogP contribution >= 0.6 is 0 Å². The third-order valence-electron chi connectivity index (χ3n) is 4.01. The molecule has 1 atom stereocenters. The van der Waals surface area contributed by atoms with Crippen molar-refractivity contribution in [1.82, 2.24) is 0 Å². The smallest absolute Gasteiger partial charge is 0.299 e. The number of carbonyl (C=O) groups excluding carboxylic acids is 2. The second-order valence-corrected chi connectivity index (χ2v) is 5.07. The molecule has 0 bridgehead atoms. The fraction of sp³-hybridized carbons (Fsp3) is 0.429. The fourth-order valence-electron chi connectivity index (χ4n) is 2.91. The minimum absolute atomic E-state index is 0.130. The summed E-state index contributed by atoms with van der Waals surface area (Å²) in [6.07, 6.45) is 2.03. The van der Waals surface area contributed by atoms with Gasteiger partial charge in [0, 0.05) is 19.3 Å². The number of ketones is 1. The second kappa shape index (κ2) is 4.35. The molecule has 1 unspecified atom stereocenters. The van der Waals surface area contributed by atoms with Crippen LogP contribution in [0.3, 0.4) is 0 Å². The average molecular weight is 260 g/mol. The normalized spacial score (nSPS) is 22.3. The van der Waals surface area contributed by atoms with E-state index in [1.165, 1.54) is 4.90 Å². The van der Waals surface area contributed by atoms with Crippen molar-refractivity contribution >= 4 is 23.1 Å². The highest BCUT2D eigenvalue weighted by molar-refractivity contribution is 6.52. The maximum Gasteiger partial charge on any atom is 0.299 e. The van der Waals surface area contributed by atoms with Crippen LogP contribution in [0.1, 0.15) is 23.2 Å². The van der Waals surface area contributed by atoms with Crippen LogP contribution in [-0.4, -0.2) is 43.0 Å². The van der Waals surface area contributed by atoms with Gasteiger partial charge in [-0.05, 0) is 31.0 Å². The van der Waals surface area contributed by atoms with Crippen molar-refractivity contribution in [3.63, 3.8) is 0 Å². The van der Waals surface area contributed by atoms with E-state index in [0.29, 0.717) is 11.3 Å². The molecule has 2 heterocycles. The number of fused-ring (bicyclic) bond motifs is 1. The number of nitrogens with zero attached hydrogens (tertiary/aromatic N) is 2. The van der Waals surface area contributed by atoms with Gasteiger partial charge in [-0.15, -0.1) is 0 Å². The van der Waals surface area contributed by atoms with Crippen molar-refractivity contribution in [1.29, 1.82) is 0 Å². The molecule has 1 saturated heterocycles. The van der Waals surface area contributed by atoms with Gasteiger partial charge < -0.3 is 14.9 Å². The molecular formula is C14H16N2O3. The van der Waals surface area contributed by atoms with E-state index in [2.05, 4.69) is 4.90 Å². The van der Waals surface area contributed by atoms with Crippen molar-refractivity contribution in [3.8, 4) is 0 Å². The van der Waals surface area contributed by atoms with E-state index in [9.17, 15) is 14.7 Å². The number of anilines is 2. The molecule has 100 valence electrons. The number of benzene rings is 1. The third-order valence-corrected chi connectivity index (χ3v) is 4.01. The quantitative estimate of drug-likeness (QED) is 0.799. The number of carbonyl (C=O) groups is 2. The summed E-state index contributed by atoms with van der Waals surface area (Å²) in [6.45, 7) is 1.03. The van der Waals surface area contributed by atoms with Gasteiger partial charge in [-0.1, -0.05) is 0 Å². The van der Waals surface area contributed by atoms with Gasteiger partial charge >= 0.3 is 0 Å². The second-order valence-electron chi connectivity index (χ2n) is 5.07. The lowest BCUT2D eigenvalue weighted by molar-refractivity contribution is -0.114. The molecule has 0 aromatic heterocycles. The van der Waals surface area contributed by atoms with Crippen LogP contribution in [0.4, 0.5) is 11.4 Å². The zero-order chi connectivity index (χ0) is 13.6. The molecule has 0 spiro atoms. The molecule has 5 nitrogen and oxygen atoms in total. The zero-order valence-corrected chi connectivity index (χ0v) is 10.8. The van der Waals surface area contributed by atoms with Crippen LogP contribution in [0.2, 0.25) is 0 Å². The molecule has 0 aliphatic carbocycles. The average Bonchev–Trinajstić information content (AvgIpc) is 2.99. The van der Waals surface area contributed by atoms with E-state index in [1.807, 2.05) is 12.1 Å². The first-order chi connectivity index (χ1) is 9.13. The SMILES string of the molecule is CN1C(=O)C(=O)c2ccc(N3CCCC3CO)cc21. The van der Waals surface area contributed by atoms with Crippen molar-refractivity contribution in [3.05, 3.63) is 23.8 Å². The summed E-state index contributed by atoms with van der Waals surface area (Å²) in [5, 5.41) is 9.37. The van der Waals surface area contributed by atoms with Crippen molar-refractivity contribution < 1.29 is 14.7 Å². The van der Waals surface area contributed by atoms with Gasteiger partial charge in [0.1, 0.15) is 0 Å². The molecule has 1 fully saturated rings. The van der Waals surface area contributed by atoms with Crippen molar-refractivity contribution in [2.45, 2.75) is 18.9 Å². The Labute approximate surface area is 111 Å². The summed E-state index contributed by atoms with van der Waals surface area (Å²) in [5.41, 5.74) is 2.09. The van der Waals surface area contributed by atoms with Gasteiger partial charge in [-0.25, -0.2) is 0 Å². The Morgan fingerprint density at radius 2 is 2.16 bits per heavy atom. The van der Waals surface area contributed by atoms with Gasteiger partial charge in [0.05, 0.1) is 23.9 Å². The van der Waals surface area contributed by atoms with E-state index < -0.39 is 11.7 Å².